The molecule has 1 aromatic heterocycles. The van der Waals surface area contributed by atoms with Crippen LogP contribution in [0, 0.1) is 12.8 Å². The van der Waals surface area contributed by atoms with Crippen molar-refractivity contribution in [1.82, 2.24) is 4.98 Å². The minimum Gasteiger partial charge on any atom is -0.378 e. The minimum absolute atomic E-state index is 0.00716. The first-order valence-corrected chi connectivity index (χ1v) is 6.40. The number of hydrogen-bond acceptors (Lipinski definition) is 3. The van der Waals surface area contributed by atoms with Crippen LogP contribution in [0.4, 0.5) is 5.82 Å². The van der Waals surface area contributed by atoms with Gasteiger partial charge in [-0.15, -0.1) is 0 Å². The molecule has 2 heterocycles. The molecule has 1 aromatic rings. The van der Waals surface area contributed by atoms with E-state index in [1.54, 1.807) is 6.20 Å². The van der Waals surface area contributed by atoms with Crippen molar-refractivity contribution in [3.05, 3.63) is 22.3 Å². The van der Waals surface area contributed by atoms with E-state index in [9.17, 15) is 4.79 Å². The fourth-order valence-electron chi connectivity index (χ4n) is 1.89. The van der Waals surface area contributed by atoms with Crippen LogP contribution < -0.4 is 5.32 Å². The van der Waals surface area contributed by atoms with E-state index < -0.39 is 0 Å². The molecule has 1 saturated heterocycles. The number of aryl methyl sites for hydroxylation is 1. The summed E-state index contributed by atoms with van der Waals surface area (Å²) in [5.74, 6) is 0.555. The molecule has 1 fully saturated rings. The van der Waals surface area contributed by atoms with Crippen molar-refractivity contribution in [2.75, 3.05) is 11.9 Å². The molecule has 0 saturated carbocycles. The number of hydrogen-bond donors (Lipinski definition) is 1. The molecular weight excluding hydrogens is 284 g/mol. The first kappa shape index (κ1) is 12.5. The fourth-order valence-corrected chi connectivity index (χ4v) is 2.34. The Kier molecular flexibility index (Phi) is 3.79. The number of aromatic nitrogens is 1. The average molecular weight is 299 g/mol. The Balaban J connectivity index is 2.03. The number of nitrogens with one attached hydrogen (secondary N) is 1. The van der Waals surface area contributed by atoms with Gasteiger partial charge in [-0.1, -0.05) is 0 Å². The Morgan fingerprint density at radius 1 is 1.65 bits per heavy atom. The number of carbonyl (C=O) groups excluding carboxylic acids is 1. The zero-order valence-corrected chi connectivity index (χ0v) is 11.5. The van der Waals surface area contributed by atoms with Crippen LogP contribution in [0.2, 0.25) is 0 Å². The van der Waals surface area contributed by atoms with Gasteiger partial charge in [0.05, 0.1) is 18.6 Å². The summed E-state index contributed by atoms with van der Waals surface area (Å²) < 4.78 is 6.29. The number of nitrogens with zero attached hydrogens (tertiary/aromatic N) is 1. The van der Waals surface area contributed by atoms with E-state index in [4.69, 9.17) is 4.74 Å². The first-order valence-electron chi connectivity index (χ1n) is 5.61. The molecule has 0 bridgehead atoms. The molecule has 0 radical (unpaired) electrons. The van der Waals surface area contributed by atoms with Gasteiger partial charge in [-0.3, -0.25) is 4.79 Å². The summed E-state index contributed by atoms with van der Waals surface area (Å²) in [4.78, 5) is 16.1. The van der Waals surface area contributed by atoms with Crippen LogP contribution in [0.3, 0.4) is 0 Å². The van der Waals surface area contributed by atoms with E-state index in [0.717, 1.165) is 16.5 Å². The van der Waals surface area contributed by atoms with E-state index in [1.165, 1.54) is 0 Å². The van der Waals surface area contributed by atoms with Crippen LogP contribution in [0.25, 0.3) is 0 Å². The molecule has 92 valence electrons. The second kappa shape index (κ2) is 5.14. The molecule has 4 nitrogen and oxygen atoms in total. The predicted molar refractivity (Wildman–Crippen MR) is 68.8 cm³/mol. The van der Waals surface area contributed by atoms with Crippen molar-refractivity contribution in [1.29, 1.82) is 0 Å². The van der Waals surface area contributed by atoms with Crippen molar-refractivity contribution < 1.29 is 9.53 Å². The van der Waals surface area contributed by atoms with Crippen molar-refractivity contribution in [2.45, 2.75) is 26.4 Å². The largest absolute Gasteiger partial charge is 0.378 e. The lowest BCUT2D eigenvalue weighted by atomic mass is 10.1. The van der Waals surface area contributed by atoms with Crippen molar-refractivity contribution in [3.8, 4) is 0 Å². The third-order valence-electron chi connectivity index (χ3n) is 2.86. The Hall–Kier alpha value is -0.940. The maximum atomic E-state index is 12.0. The number of halogens is 1. The summed E-state index contributed by atoms with van der Waals surface area (Å²) in [6.07, 6.45) is 2.63. The van der Waals surface area contributed by atoms with Gasteiger partial charge in [-0.05, 0) is 47.8 Å². The fraction of sp³-hybridized carbons (Fsp3) is 0.500. The van der Waals surface area contributed by atoms with Gasteiger partial charge in [-0.2, -0.15) is 0 Å². The third kappa shape index (κ3) is 3.04. The Morgan fingerprint density at radius 2 is 2.41 bits per heavy atom. The zero-order chi connectivity index (χ0) is 12.4. The van der Waals surface area contributed by atoms with Crippen LogP contribution in [0.15, 0.2) is 16.7 Å². The molecule has 2 unspecified atom stereocenters. The van der Waals surface area contributed by atoms with Gasteiger partial charge in [0, 0.05) is 10.7 Å². The van der Waals surface area contributed by atoms with Crippen LogP contribution in [-0.2, 0) is 9.53 Å². The molecule has 17 heavy (non-hydrogen) atoms. The number of ether oxygens (including phenoxy) is 1. The standard InChI is InChI=1S/C12H15BrN2O2/c1-7-3-10(13)5-14-11(7)15-12(16)9-4-8(2)17-6-9/h3,5,8-9H,4,6H2,1-2H3,(H,14,15,16). The number of carbonyl (C=O) groups is 1. The van der Waals surface area contributed by atoms with Gasteiger partial charge in [0.2, 0.25) is 5.91 Å². The lowest BCUT2D eigenvalue weighted by molar-refractivity contribution is -0.119. The highest BCUT2D eigenvalue weighted by molar-refractivity contribution is 9.10. The monoisotopic (exact) mass is 298 g/mol. The summed E-state index contributed by atoms with van der Waals surface area (Å²) in [6, 6.07) is 1.93. The maximum absolute atomic E-state index is 12.0. The number of amides is 1. The number of anilines is 1. The summed E-state index contributed by atoms with van der Waals surface area (Å²) in [6.45, 7) is 4.40. The van der Waals surface area contributed by atoms with E-state index in [1.807, 2.05) is 19.9 Å². The highest BCUT2D eigenvalue weighted by atomic mass is 79.9. The molecule has 0 aliphatic carbocycles. The summed E-state index contributed by atoms with van der Waals surface area (Å²) >= 11 is 3.34. The molecular formula is C12H15BrN2O2. The molecule has 1 aliphatic rings. The van der Waals surface area contributed by atoms with Gasteiger partial charge < -0.3 is 10.1 Å². The summed E-state index contributed by atoms with van der Waals surface area (Å²) in [5.41, 5.74) is 0.944. The SMILES string of the molecule is Cc1cc(Br)cnc1NC(=O)C1COC(C)C1. The van der Waals surface area contributed by atoms with Gasteiger partial charge in [-0.25, -0.2) is 4.98 Å². The number of pyridine rings is 1. The molecule has 2 rings (SSSR count). The maximum Gasteiger partial charge on any atom is 0.231 e. The molecule has 1 aliphatic heterocycles. The van der Waals surface area contributed by atoms with Crippen molar-refractivity contribution in [2.24, 2.45) is 5.92 Å². The lowest BCUT2D eigenvalue weighted by Gasteiger charge is -2.10. The van der Waals surface area contributed by atoms with Crippen LogP contribution in [-0.4, -0.2) is 23.6 Å². The van der Waals surface area contributed by atoms with Gasteiger partial charge in [0.1, 0.15) is 5.82 Å². The van der Waals surface area contributed by atoms with Crippen LogP contribution >= 0.6 is 15.9 Å². The summed E-state index contributed by atoms with van der Waals surface area (Å²) in [7, 11) is 0. The molecule has 1 amide bonds. The second-order valence-corrected chi connectivity index (χ2v) is 5.30. The van der Waals surface area contributed by atoms with Crippen LogP contribution in [0.5, 0.6) is 0 Å². The van der Waals surface area contributed by atoms with E-state index in [0.29, 0.717) is 12.4 Å². The van der Waals surface area contributed by atoms with Crippen molar-refractivity contribution in [3.63, 3.8) is 0 Å². The van der Waals surface area contributed by atoms with Gasteiger partial charge in [0.15, 0.2) is 0 Å². The van der Waals surface area contributed by atoms with Crippen molar-refractivity contribution >= 4 is 27.7 Å². The summed E-state index contributed by atoms with van der Waals surface area (Å²) in [5, 5.41) is 2.85. The van der Waals surface area contributed by atoms with E-state index in [2.05, 4.69) is 26.2 Å². The van der Waals surface area contributed by atoms with Gasteiger partial charge >= 0.3 is 0 Å². The quantitative estimate of drug-likeness (QED) is 0.913. The Morgan fingerprint density at radius 3 is 3.00 bits per heavy atom. The molecule has 5 heteroatoms. The topological polar surface area (TPSA) is 51.2 Å². The highest BCUT2D eigenvalue weighted by Gasteiger charge is 2.28. The first-order chi connectivity index (χ1) is 8.06. The smallest absolute Gasteiger partial charge is 0.231 e. The van der Waals surface area contributed by atoms with Crippen LogP contribution in [0.1, 0.15) is 18.9 Å². The Bertz CT molecular complexity index is 437. The number of rotatable bonds is 2. The molecule has 0 spiro atoms. The predicted octanol–water partition coefficient (Wildman–Crippen LogP) is 2.52. The van der Waals surface area contributed by atoms with E-state index in [-0.39, 0.29) is 17.9 Å². The highest BCUT2D eigenvalue weighted by Crippen LogP contribution is 2.22. The minimum atomic E-state index is -0.0603. The Labute approximate surface area is 109 Å². The molecule has 0 aromatic carbocycles. The molecule has 2 atom stereocenters. The normalized spacial score (nSPS) is 23.7. The zero-order valence-electron chi connectivity index (χ0n) is 9.87. The van der Waals surface area contributed by atoms with Gasteiger partial charge in [0.25, 0.3) is 0 Å². The lowest BCUT2D eigenvalue weighted by Crippen LogP contribution is -2.24. The third-order valence-corrected chi connectivity index (χ3v) is 3.29. The average Bonchev–Trinajstić information content (AvgIpc) is 2.69. The second-order valence-electron chi connectivity index (χ2n) is 4.38. The van der Waals surface area contributed by atoms with E-state index >= 15 is 0 Å². The molecule has 1 N–H and O–H groups in total.